The zero-order chi connectivity index (χ0) is 33.8. The normalized spacial score (nSPS) is 12.1. The van der Waals surface area contributed by atoms with E-state index in [1.54, 1.807) is 0 Å². The fourth-order valence-electron chi connectivity index (χ4n) is 6.15. The SMILES string of the molecule is CCCCCCCCC(CCCCCCC)OC(=O)CCCCCCN(CCCO)CCCCCCC(=O)OCCCCCCC. The second-order valence-corrected chi connectivity index (χ2v) is 13.8. The first-order chi connectivity index (χ1) is 22.6. The third-order valence-corrected chi connectivity index (χ3v) is 9.16. The Balaban J connectivity index is 4.09. The van der Waals surface area contributed by atoms with Gasteiger partial charge in [0.05, 0.1) is 6.61 Å². The van der Waals surface area contributed by atoms with Crippen LogP contribution in [0.15, 0.2) is 0 Å². The van der Waals surface area contributed by atoms with E-state index in [1.807, 2.05) is 0 Å². The van der Waals surface area contributed by atoms with Crippen LogP contribution in [0.25, 0.3) is 0 Å². The summed E-state index contributed by atoms with van der Waals surface area (Å²) in [5.41, 5.74) is 0. The summed E-state index contributed by atoms with van der Waals surface area (Å²) >= 11 is 0. The Kier molecular flexibility index (Phi) is 35.8. The van der Waals surface area contributed by atoms with Crippen LogP contribution in [0.4, 0.5) is 0 Å². The maximum atomic E-state index is 12.7. The molecule has 1 N–H and O–H groups in total. The number of unbranched alkanes of at least 4 members (excludes halogenated alkanes) is 19. The van der Waals surface area contributed by atoms with Gasteiger partial charge in [0.2, 0.25) is 0 Å². The summed E-state index contributed by atoms with van der Waals surface area (Å²) in [4.78, 5) is 27.1. The Morgan fingerprint density at radius 3 is 1.43 bits per heavy atom. The fourth-order valence-corrected chi connectivity index (χ4v) is 6.15. The molecule has 0 spiro atoms. The molecule has 0 aliphatic rings. The molecule has 0 aromatic heterocycles. The van der Waals surface area contributed by atoms with Crippen molar-refractivity contribution >= 4 is 11.9 Å². The van der Waals surface area contributed by atoms with Crippen molar-refractivity contribution in [1.82, 2.24) is 4.90 Å². The molecule has 1 unspecified atom stereocenters. The molecular formula is C40H79NO5. The van der Waals surface area contributed by atoms with Crippen molar-refractivity contribution in [3.63, 3.8) is 0 Å². The number of aliphatic hydroxyl groups is 1. The number of nitrogens with zero attached hydrogens (tertiary/aromatic N) is 1. The van der Waals surface area contributed by atoms with Crippen molar-refractivity contribution in [2.45, 2.75) is 213 Å². The molecule has 6 heteroatoms. The quantitative estimate of drug-likeness (QED) is 0.0531. The molecular weight excluding hydrogens is 574 g/mol. The zero-order valence-electron chi connectivity index (χ0n) is 31.1. The van der Waals surface area contributed by atoms with E-state index in [9.17, 15) is 14.7 Å². The third kappa shape index (κ3) is 32.8. The van der Waals surface area contributed by atoms with Gasteiger partial charge in [0, 0.05) is 26.0 Å². The predicted molar refractivity (Wildman–Crippen MR) is 195 cm³/mol. The van der Waals surface area contributed by atoms with Crippen molar-refractivity contribution in [1.29, 1.82) is 0 Å². The van der Waals surface area contributed by atoms with Crippen LogP contribution in [0, 0.1) is 0 Å². The number of aliphatic hydroxyl groups excluding tert-OH is 1. The molecule has 6 nitrogen and oxygen atoms in total. The minimum atomic E-state index is -0.0425. The lowest BCUT2D eigenvalue weighted by atomic mass is 10.0. The molecule has 0 radical (unpaired) electrons. The Morgan fingerprint density at radius 1 is 0.500 bits per heavy atom. The van der Waals surface area contributed by atoms with Crippen LogP contribution in [-0.4, -0.2) is 60.9 Å². The van der Waals surface area contributed by atoms with Gasteiger partial charge in [-0.3, -0.25) is 9.59 Å². The van der Waals surface area contributed by atoms with Crippen molar-refractivity contribution < 1.29 is 24.2 Å². The standard InChI is InChI=1S/C40H79NO5/c1-4-7-10-13-15-22-30-38(29-21-14-11-8-5-2)46-40(44)32-24-17-19-26-34-41(35-28-36-42)33-25-18-16-23-31-39(43)45-37-27-20-12-9-6-3/h38,42H,4-37H2,1-3H3. The van der Waals surface area contributed by atoms with Gasteiger partial charge in [0.1, 0.15) is 6.10 Å². The zero-order valence-corrected chi connectivity index (χ0v) is 31.1. The number of carbonyl (C=O) groups is 2. The first-order valence-corrected chi connectivity index (χ1v) is 20.3. The molecule has 0 aromatic carbocycles. The van der Waals surface area contributed by atoms with E-state index in [-0.39, 0.29) is 24.6 Å². The molecule has 46 heavy (non-hydrogen) atoms. The maximum Gasteiger partial charge on any atom is 0.306 e. The molecule has 0 saturated carbocycles. The molecule has 1 atom stereocenters. The Hall–Kier alpha value is -1.14. The average Bonchev–Trinajstić information content (AvgIpc) is 3.05. The number of esters is 2. The molecule has 0 rings (SSSR count). The van der Waals surface area contributed by atoms with Gasteiger partial charge in [-0.2, -0.15) is 0 Å². The first kappa shape index (κ1) is 44.9. The van der Waals surface area contributed by atoms with Gasteiger partial charge < -0.3 is 19.5 Å². The second kappa shape index (κ2) is 36.7. The van der Waals surface area contributed by atoms with Crippen molar-refractivity contribution in [3.05, 3.63) is 0 Å². The molecule has 0 aliphatic heterocycles. The van der Waals surface area contributed by atoms with Crippen molar-refractivity contribution in [3.8, 4) is 0 Å². The Labute approximate surface area is 286 Å². The van der Waals surface area contributed by atoms with Crippen LogP contribution in [0.2, 0.25) is 0 Å². The highest BCUT2D eigenvalue weighted by Crippen LogP contribution is 2.18. The van der Waals surface area contributed by atoms with Crippen molar-refractivity contribution in [2.75, 3.05) is 32.8 Å². The highest BCUT2D eigenvalue weighted by molar-refractivity contribution is 5.69. The largest absolute Gasteiger partial charge is 0.466 e. The number of carbonyl (C=O) groups excluding carboxylic acids is 2. The van der Waals surface area contributed by atoms with Gasteiger partial charge in [-0.1, -0.05) is 130 Å². The summed E-state index contributed by atoms with van der Waals surface area (Å²) in [6, 6.07) is 0. The molecule has 0 fully saturated rings. The second-order valence-electron chi connectivity index (χ2n) is 13.8. The highest BCUT2D eigenvalue weighted by Gasteiger charge is 2.14. The summed E-state index contributed by atoms with van der Waals surface area (Å²) in [6.07, 6.45) is 32.4. The smallest absolute Gasteiger partial charge is 0.306 e. The average molecular weight is 654 g/mol. The van der Waals surface area contributed by atoms with Gasteiger partial charge in [0.15, 0.2) is 0 Å². The predicted octanol–water partition coefficient (Wildman–Crippen LogP) is 11.1. The number of ether oxygens (including phenoxy) is 2. The lowest BCUT2D eigenvalue weighted by Crippen LogP contribution is -2.28. The minimum Gasteiger partial charge on any atom is -0.466 e. The van der Waals surface area contributed by atoms with Gasteiger partial charge >= 0.3 is 11.9 Å². The van der Waals surface area contributed by atoms with Crippen LogP contribution >= 0.6 is 0 Å². The fraction of sp³-hybridized carbons (Fsp3) is 0.950. The molecule has 0 aliphatic carbocycles. The summed E-state index contributed by atoms with van der Waals surface area (Å²) in [7, 11) is 0. The van der Waals surface area contributed by atoms with E-state index in [1.165, 1.54) is 89.9 Å². The van der Waals surface area contributed by atoms with Crippen LogP contribution in [0.3, 0.4) is 0 Å². The molecule has 0 amide bonds. The Bertz CT molecular complexity index is 643. The Morgan fingerprint density at radius 2 is 0.913 bits per heavy atom. The van der Waals surface area contributed by atoms with Crippen molar-refractivity contribution in [2.24, 2.45) is 0 Å². The number of hydrogen-bond acceptors (Lipinski definition) is 6. The summed E-state index contributed by atoms with van der Waals surface area (Å²) in [5, 5.41) is 9.34. The molecule has 0 saturated heterocycles. The van der Waals surface area contributed by atoms with E-state index < -0.39 is 0 Å². The molecule has 0 bridgehead atoms. The van der Waals surface area contributed by atoms with E-state index in [0.717, 1.165) is 103 Å². The first-order valence-electron chi connectivity index (χ1n) is 20.3. The maximum absolute atomic E-state index is 12.7. The van der Waals surface area contributed by atoms with E-state index in [0.29, 0.717) is 19.4 Å². The summed E-state index contributed by atoms with van der Waals surface area (Å²) < 4.78 is 11.4. The lowest BCUT2D eigenvalue weighted by Gasteiger charge is -2.22. The van der Waals surface area contributed by atoms with Crippen LogP contribution in [0.1, 0.15) is 207 Å². The third-order valence-electron chi connectivity index (χ3n) is 9.16. The van der Waals surface area contributed by atoms with E-state index in [4.69, 9.17) is 9.47 Å². The molecule has 274 valence electrons. The number of hydrogen-bond donors (Lipinski definition) is 1. The minimum absolute atomic E-state index is 0.00443. The van der Waals surface area contributed by atoms with Gasteiger partial charge in [-0.15, -0.1) is 0 Å². The monoisotopic (exact) mass is 654 g/mol. The summed E-state index contributed by atoms with van der Waals surface area (Å²) in [5.74, 6) is -0.0381. The van der Waals surface area contributed by atoms with Crippen LogP contribution in [0.5, 0.6) is 0 Å². The highest BCUT2D eigenvalue weighted by atomic mass is 16.5. The van der Waals surface area contributed by atoms with Gasteiger partial charge in [0.25, 0.3) is 0 Å². The summed E-state index contributed by atoms with van der Waals surface area (Å²) in [6.45, 7) is 10.6. The molecule has 0 aromatic rings. The van der Waals surface area contributed by atoms with E-state index in [2.05, 4.69) is 25.7 Å². The van der Waals surface area contributed by atoms with E-state index >= 15 is 0 Å². The van der Waals surface area contributed by atoms with Crippen LogP contribution < -0.4 is 0 Å². The van der Waals surface area contributed by atoms with Gasteiger partial charge in [-0.25, -0.2) is 0 Å². The van der Waals surface area contributed by atoms with Crippen LogP contribution in [-0.2, 0) is 19.1 Å². The van der Waals surface area contributed by atoms with Gasteiger partial charge in [-0.05, 0) is 77.3 Å². The topological polar surface area (TPSA) is 76.1 Å². The molecule has 0 heterocycles. The number of rotatable bonds is 37. The lowest BCUT2D eigenvalue weighted by molar-refractivity contribution is -0.150.